The molecule has 0 aliphatic carbocycles. The molecule has 5 aromatic rings. The molecule has 0 aliphatic heterocycles. The first-order valence-corrected chi connectivity index (χ1v) is 15.1. The minimum absolute atomic E-state index is 0.171. The van der Waals surface area contributed by atoms with Crippen molar-refractivity contribution in [1.82, 2.24) is 4.90 Å². The number of benzene rings is 5. The lowest BCUT2D eigenvalue weighted by molar-refractivity contribution is 0.0854. The second-order valence-electron chi connectivity index (χ2n) is 11.1. The van der Waals surface area contributed by atoms with E-state index in [4.69, 9.17) is 14.2 Å². The smallest absolute Gasteiger partial charge is 0.123 e. The van der Waals surface area contributed by atoms with Gasteiger partial charge in [-0.2, -0.15) is 0 Å². The van der Waals surface area contributed by atoms with Crippen molar-refractivity contribution in [1.29, 1.82) is 0 Å². The minimum Gasteiger partial charge on any atom is -0.497 e. The maximum Gasteiger partial charge on any atom is 0.123 e. The average molecular weight is 588 g/mol. The van der Waals surface area contributed by atoms with Crippen LogP contribution in [0.1, 0.15) is 40.8 Å². The molecule has 0 heterocycles. The summed E-state index contributed by atoms with van der Waals surface area (Å²) in [5.41, 5.74) is 5.33. The lowest BCUT2D eigenvalue weighted by Gasteiger charge is -2.31. The van der Waals surface area contributed by atoms with E-state index in [0.717, 1.165) is 35.4 Å². The third-order valence-electron chi connectivity index (χ3n) is 7.73. The van der Waals surface area contributed by atoms with Crippen LogP contribution in [0.4, 0.5) is 0 Å². The predicted molar refractivity (Wildman–Crippen MR) is 176 cm³/mol. The molecule has 0 saturated heterocycles. The summed E-state index contributed by atoms with van der Waals surface area (Å²) in [6.45, 7) is 4.24. The van der Waals surface area contributed by atoms with Gasteiger partial charge in [0.2, 0.25) is 0 Å². The molecule has 0 fully saturated rings. The Morgan fingerprint density at radius 2 is 1.09 bits per heavy atom. The summed E-state index contributed by atoms with van der Waals surface area (Å²) in [6.07, 6.45) is 0.0891. The third-order valence-corrected chi connectivity index (χ3v) is 7.73. The maximum absolute atomic E-state index is 11.7. The number of rotatable bonds is 15. The van der Waals surface area contributed by atoms with Gasteiger partial charge in [0.05, 0.1) is 13.2 Å². The Bertz CT molecular complexity index is 1480. The quantitative estimate of drug-likeness (QED) is 0.134. The van der Waals surface area contributed by atoms with Crippen molar-refractivity contribution >= 4 is 0 Å². The highest BCUT2D eigenvalue weighted by Crippen LogP contribution is 2.30. The van der Waals surface area contributed by atoms with E-state index >= 15 is 0 Å². The molecule has 0 aromatic heterocycles. The maximum atomic E-state index is 11.7. The first-order chi connectivity index (χ1) is 21.6. The molecule has 2 atom stereocenters. The van der Waals surface area contributed by atoms with E-state index in [9.17, 15) is 5.11 Å². The van der Waals surface area contributed by atoms with E-state index in [2.05, 4.69) is 48.2 Å². The van der Waals surface area contributed by atoms with Crippen molar-refractivity contribution in [3.63, 3.8) is 0 Å². The zero-order chi connectivity index (χ0) is 30.6. The van der Waals surface area contributed by atoms with Gasteiger partial charge < -0.3 is 19.3 Å². The summed E-state index contributed by atoms with van der Waals surface area (Å²) in [6, 6.07) is 44.7. The Labute approximate surface area is 261 Å². The molecule has 5 aromatic carbocycles. The van der Waals surface area contributed by atoms with Crippen LogP contribution in [0.5, 0.6) is 17.2 Å². The fraction of sp³-hybridized carbons (Fsp3) is 0.231. The van der Waals surface area contributed by atoms with Gasteiger partial charge in [-0.25, -0.2) is 0 Å². The largest absolute Gasteiger partial charge is 0.497 e. The number of ether oxygens (including phenoxy) is 3. The highest BCUT2D eigenvalue weighted by molar-refractivity contribution is 5.40. The SMILES string of the molecule is COc1ccc(C[C@H](C)N(Cc2ccccc2)C[C@H](O)c2cc(OCc3ccccc3)cc(OCc3ccccc3)c2)cc1. The molecule has 0 saturated carbocycles. The molecule has 0 spiro atoms. The van der Waals surface area contributed by atoms with Crippen LogP contribution in [0.2, 0.25) is 0 Å². The van der Waals surface area contributed by atoms with Crippen molar-refractivity contribution in [2.45, 2.75) is 45.2 Å². The van der Waals surface area contributed by atoms with E-state index in [0.29, 0.717) is 31.3 Å². The van der Waals surface area contributed by atoms with Crippen LogP contribution >= 0.6 is 0 Å². The molecule has 0 aliphatic rings. The fourth-order valence-corrected chi connectivity index (χ4v) is 5.21. The number of aliphatic hydroxyl groups excluding tert-OH is 1. The zero-order valence-electron chi connectivity index (χ0n) is 25.5. The molecule has 44 heavy (non-hydrogen) atoms. The monoisotopic (exact) mass is 587 g/mol. The molecule has 0 unspecified atom stereocenters. The standard InChI is InChI=1S/C39H41NO4/c1-30(22-31-18-20-36(42-2)21-19-31)40(26-32-12-6-3-7-13-32)27-39(41)35-23-37(43-28-33-14-8-4-9-15-33)25-38(24-35)44-29-34-16-10-5-11-17-34/h3-21,23-25,30,39,41H,22,26-29H2,1-2H3/t30-,39-/m0/s1. The number of nitrogens with zero attached hydrogens (tertiary/aromatic N) is 1. The van der Waals surface area contributed by atoms with Crippen molar-refractivity contribution in [3.8, 4) is 17.2 Å². The van der Waals surface area contributed by atoms with Crippen LogP contribution in [0.15, 0.2) is 133 Å². The summed E-state index contributed by atoms with van der Waals surface area (Å²) in [5.74, 6) is 2.17. The van der Waals surface area contributed by atoms with Gasteiger partial charge in [-0.3, -0.25) is 4.90 Å². The number of hydrogen-bond donors (Lipinski definition) is 1. The van der Waals surface area contributed by atoms with Crippen LogP contribution in [-0.4, -0.2) is 29.7 Å². The van der Waals surface area contributed by atoms with Gasteiger partial charge in [-0.15, -0.1) is 0 Å². The highest BCUT2D eigenvalue weighted by Gasteiger charge is 2.21. The van der Waals surface area contributed by atoms with Crippen LogP contribution in [-0.2, 0) is 26.2 Å². The molecule has 5 heteroatoms. The average Bonchev–Trinajstić information content (AvgIpc) is 3.07. The Balaban J connectivity index is 1.36. The van der Waals surface area contributed by atoms with Crippen LogP contribution in [0.3, 0.4) is 0 Å². The first kappa shape index (κ1) is 30.9. The van der Waals surface area contributed by atoms with Crippen LogP contribution in [0.25, 0.3) is 0 Å². The Morgan fingerprint density at radius 1 is 0.591 bits per heavy atom. The summed E-state index contributed by atoms with van der Waals surface area (Å²) in [7, 11) is 1.68. The summed E-state index contributed by atoms with van der Waals surface area (Å²) in [4.78, 5) is 2.34. The van der Waals surface area contributed by atoms with Gasteiger partial charge in [0.1, 0.15) is 30.5 Å². The molecular weight excluding hydrogens is 546 g/mol. The second kappa shape index (κ2) is 15.8. The number of hydrogen-bond acceptors (Lipinski definition) is 5. The van der Waals surface area contributed by atoms with Crippen molar-refractivity contribution in [3.05, 3.63) is 161 Å². The van der Waals surface area contributed by atoms with E-state index < -0.39 is 6.10 Å². The predicted octanol–water partition coefficient (Wildman–Crippen LogP) is 8.02. The molecule has 5 nitrogen and oxygen atoms in total. The summed E-state index contributed by atoms with van der Waals surface area (Å²) >= 11 is 0. The first-order valence-electron chi connectivity index (χ1n) is 15.1. The summed E-state index contributed by atoms with van der Waals surface area (Å²) < 4.78 is 17.8. The lowest BCUT2D eigenvalue weighted by atomic mass is 10.0. The second-order valence-corrected chi connectivity index (χ2v) is 11.1. The third kappa shape index (κ3) is 9.21. The topological polar surface area (TPSA) is 51.2 Å². The molecule has 5 rings (SSSR count). The van der Waals surface area contributed by atoms with Gasteiger partial charge in [-0.1, -0.05) is 103 Å². The molecule has 0 radical (unpaired) electrons. The van der Waals surface area contributed by atoms with Gasteiger partial charge in [-0.05, 0) is 65.4 Å². The van der Waals surface area contributed by atoms with Crippen LogP contribution in [0, 0.1) is 0 Å². The molecule has 0 amide bonds. The van der Waals surface area contributed by atoms with Gasteiger partial charge in [0.25, 0.3) is 0 Å². The van der Waals surface area contributed by atoms with Crippen LogP contribution < -0.4 is 14.2 Å². The molecule has 226 valence electrons. The Hall–Kier alpha value is -4.58. The van der Waals surface area contributed by atoms with E-state index in [1.165, 1.54) is 11.1 Å². The molecular formula is C39H41NO4. The van der Waals surface area contributed by atoms with E-state index in [-0.39, 0.29) is 6.04 Å². The van der Waals surface area contributed by atoms with Crippen molar-refractivity contribution in [2.75, 3.05) is 13.7 Å². The number of methoxy groups -OCH3 is 1. The Morgan fingerprint density at radius 3 is 1.59 bits per heavy atom. The van der Waals surface area contributed by atoms with E-state index in [1.807, 2.05) is 97.1 Å². The van der Waals surface area contributed by atoms with Crippen molar-refractivity contribution < 1.29 is 19.3 Å². The minimum atomic E-state index is -0.753. The van der Waals surface area contributed by atoms with Gasteiger partial charge in [0, 0.05) is 25.2 Å². The molecule has 1 N–H and O–H groups in total. The highest BCUT2D eigenvalue weighted by atomic mass is 16.5. The lowest BCUT2D eigenvalue weighted by Crippen LogP contribution is -2.37. The number of aliphatic hydroxyl groups is 1. The van der Waals surface area contributed by atoms with Gasteiger partial charge >= 0.3 is 0 Å². The van der Waals surface area contributed by atoms with Crippen molar-refractivity contribution in [2.24, 2.45) is 0 Å². The molecule has 0 bridgehead atoms. The summed E-state index contributed by atoms with van der Waals surface area (Å²) in [5, 5.41) is 11.7. The van der Waals surface area contributed by atoms with E-state index in [1.54, 1.807) is 7.11 Å². The zero-order valence-corrected chi connectivity index (χ0v) is 25.5. The van der Waals surface area contributed by atoms with Gasteiger partial charge in [0.15, 0.2) is 0 Å². The normalized spacial score (nSPS) is 12.5. The fourth-order valence-electron chi connectivity index (χ4n) is 5.21. The Kier molecular flexibility index (Phi) is 11.1.